The van der Waals surface area contributed by atoms with Gasteiger partial charge in [0.25, 0.3) is 0 Å². The number of halogens is 1. The van der Waals surface area contributed by atoms with Crippen LogP contribution in [0.5, 0.6) is 5.75 Å². The highest BCUT2D eigenvalue weighted by Crippen LogP contribution is 2.31. The molecule has 1 saturated carbocycles. The molecule has 2 aromatic rings. The Bertz CT molecular complexity index is 1040. The topological polar surface area (TPSA) is 59.1 Å². The van der Waals surface area contributed by atoms with E-state index in [1.807, 2.05) is 54.3 Å². The van der Waals surface area contributed by atoms with E-state index in [1.54, 1.807) is 18.0 Å². The van der Waals surface area contributed by atoms with Crippen LogP contribution >= 0.6 is 11.6 Å². The Morgan fingerprint density at radius 3 is 2.64 bits per heavy atom. The first kappa shape index (κ1) is 26.5. The number of benzene rings is 2. The fraction of sp³-hybridized carbons (Fsp3) is 0.517. The maximum absolute atomic E-state index is 13.4. The summed E-state index contributed by atoms with van der Waals surface area (Å²) in [7, 11) is 1.80. The molecule has 0 unspecified atom stereocenters. The van der Waals surface area contributed by atoms with Crippen LogP contribution in [0.1, 0.15) is 49.7 Å². The van der Waals surface area contributed by atoms with Gasteiger partial charge < -0.3 is 19.3 Å². The second kappa shape index (κ2) is 12.1. The van der Waals surface area contributed by atoms with Gasteiger partial charge in [0, 0.05) is 31.6 Å². The molecule has 194 valence electrons. The summed E-state index contributed by atoms with van der Waals surface area (Å²) in [4.78, 5) is 30.1. The van der Waals surface area contributed by atoms with Crippen molar-refractivity contribution in [3.8, 4) is 5.75 Å². The first-order valence-electron chi connectivity index (χ1n) is 12.9. The number of amides is 2. The van der Waals surface area contributed by atoms with Gasteiger partial charge in [-0.3, -0.25) is 9.59 Å². The van der Waals surface area contributed by atoms with E-state index >= 15 is 0 Å². The molecule has 0 aromatic heterocycles. The number of ether oxygens (including phenoxy) is 2. The standard InChI is InChI=1S/C29H37ClN2O4/c1-22-16-25(12-13-26(22)30)35-21-29(18-28(34)31(2)19-24-10-4-3-5-11-24)20-32(14-15-36-29)27(33)17-23-8-6-7-9-23/h3-5,10-13,16,23H,6-9,14-15,17-21H2,1-2H3/t29-/m0/s1. The van der Waals surface area contributed by atoms with E-state index in [0.717, 1.165) is 24.0 Å². The Balaban J connectivity index is 1.47. The molecule has 2 aromatic carbocycles. The average Bonchev–Trinajstić information content (AvgIpc) is 3.38. The smallest absolute Gasteiger partial charge is 0.225 e. The lowest BCUT2D eigenvalue weighted by molar-refractivity contribution is -0.166. The van der Waals surface area contributed by atoms with Crippen molar-refractivity contribution in [3.05, 3.63) is 64.7 Å². The van der Waals surface area contributed by atoms with E-state index in [4.69, 9.17) is 21.1 Å². The van der Waals surface area contributed by atoms with Gasteiger partial charge in [0.1, 0.15) is 18.0 Å². The van der Waals surface area contributed by atoms with Gasteiger partial charge in [-0.2, -0.15) is 0 Å². The maximum Gasteiger partial charge on any atom is 0.225 e. The van der Waals surface area contributed by atoms with Crippen molar-refractivity contribution in [1.82, 2.24) is 9.80 Å². The maximum atomic E-state index is 13.4. The molecule has 1 saturated heterocycles. The summed E-state index contributed by atoms with van der Waals surface area (Å²) in [5.74, 6) is 1.25. The first-order chi connectivity index (χ1) is 17.3. The van der Waals surface area contributed by atoms with E-state index in [9.17, 15) is 9.59 Å². The van der Waals surface area contributed by atoms with Gasteiger partial charge in [0.05, 0.1) is 19.6 Å². The summed E-state index contributed by atoms with van der Waals surface area (Å²) in [6, 6.07) is 15.4. The molecule has 36 heavy (non-hydrogen) atoms. The van der Waals surface area contributed by atoms with Crippen LogP contribution < -0.4 is 4.74 Å². The van der Waals surface area contributed by atoms with Crippen molar-refractivity contribution in [1.29, 1.82) is 0 Å². The molecule has 2 fully saturated rings. The van der Waals surface area contributed by atoms with Gasteiger partial charge in [-0.15, -0.1) is 0 Å². The number of carbonyl (C=O) groups excluding carboxylic acids is 2. The highest BCUT2D eigenvalue weighted by Gasteiger charge is 2.42. The molecule has 2 aliphatic rings. The zero-order valence-corrected chi connectivity index (χ0v) is 22.1. The zero-order valence-electron chi connectivity index (χ0n) is 21.4. The highest BCUT2D eigenvalue weighted by molar-refractivity contribution is 6.31. The summed E-state index contributed by atoms with van der Waals surface area (Å²) < 4.78 is 12.4. The Kier molecular flexibility index (Phi) is 8.91. The lowest BCUT2D eigenvalue weighted by Gasteiger charge is -2.43. The molecule has 6 nitrogen and oxygen atoms in total. The van der Waals surface area contributed by atoms with Crippen LogP contribution in [0.3, 0.4) is 0 Å². The van der Waals surface area contributed by atoms with Crippen molar-refractivity contribution < 1.29 is 19.1 Å². The molecular formula is C29H37ClN2O4. The molecule has 1 aliphatic carbocycles. The molecule has 1 heterocycles. The van der Waals surface area contributed by atoms with E-state index in [-0.39, 0.29) is 24.8 Å². The van der Waals surface area contributed by atoms with E-state index in [1.165, 1.54) is 12.8 Å². The normalized spacial score (nSPS) is 20.4. The molecule has 2 amide bonds. The quantitative estimate of drug-likeness (QED) is 0.460. The first-order valence-corrected chi connectivity index (χ1v) is 13.3. The van der Waals surface area contributed by atoms with Gasteiger partial charge >= 0.3 is 0 Å². The SMILES string of the molecule is Cc1cc(OC[C@]2(CC(=O)N(C)Cc3ccccc3)CN(C(=O)CC3CCCC3)CCO2)ccc1Cl. The van der Waals surface area contributed by atoms with E-state index in [2.05, 4.69) is 0 Å². The summed E-state index contributed by atoms with van der Waals surface area (Å²) in [6.07, 6.45) is 5.39. The Hall–Kier alpha value is -2.57. The summed E-state index contributed by atoms with van der Waals surface area (Å²) in [6.45, 7) is 3.88. The Morgan fingerprint density at radius 1 is 1.17 bits per heavy atom. The highest BCUT2D eigenvalue weighted by atomic mass is 35.5. The molecule has 1 aliphatic heterocycles. The third-order valence-electron chi connectivity index (χ3n) is 7.33. The van der Waals surface area contributed by atoms with Crippen molar-refractivity contribution in [3.63, 3.8) is 0 Å². The molecule has 0 bridgehead atoms. The van der Waals surface area contributed by atoms with Crippen molar-refractivity contribution >= 4 is 23.4 Å². The van der Waals surface area contributed by atoms with Crippen LogP contribution in [0.2, 0.25) is 5.02 Å². The lowest BCUT2D eigenvalue weighted by atomic mass is 9.95. The predicted octanol–water partition coefficient (Wildman–Crippen LogP) is 5.25. The molecule has 0 spiro atoms. The van der Waals surface area contributed by atoms with Crippen LogP contribution in [-0.4, -0.2) is 60.6 Å². The van der Waals surface area contributed by atoms with Crippen LogP contribution in [0, 0.1) is 12.8 Å². The van der Waals surface area contributed by atoms with Crippen molar-refractivity contribution in [2.24, 2.45) is 5.92 Å². The van der Waals surface area contributed by atoms with Gasteiger partial charge in [0.2, 0.25) is 11.8 Å². The third-order valence-corrected chi connectivity index (χ3v) is 7.76. The summed E-state index contributed by atoms with van der Waals surface area (Å²) >= 11 is 6.18. The Morgan fingerprint density at radius 2 is 1.92 bits per heavy atom. The number of hydrogen-bond acceptors (Lipinski definition) is 4. The molecule has 1 atom stereocenters. The number of rotatable bonds is 9. The predicted molar refractivity (Wildman–Crippen MR) is 141 cm³/mol. The van der Waals surface area contributed by atoms with Crippen LogP contribution in [0.15, 0.2) is 48.5 Å². The Labute approximate surface area is 219 Å². The lowest BCUT2D eigenvalue weighted by Crippen LogP contribution is -2.58. The van der Waals surface area contributed by atoms with Gasteiger partial charge in [-0.05, 0) is 55.0 Å². The van der Waals surface area contributed by atoms with Crippen LogP contribution in [0.4, 0.5) is 0 Å². The van der Waals surface area contributed by atoms with E-state index < -0.39 is 5.60 Å². The monoisotopic (exact) mass is 512 g/mol. The molecule has 4 rings (SSSR count). The van der Waals surface area contributed by atoms with E-state index in [0.29, 0.717) is 49.4 Å². The molecule has 7 heteroatoms. The zero-order chi connectivity index (χ0) is 25.5. The van der Waals surface area contributed by atoms with Crippen molar-refractivity contribution in [2.75, 3.05) is 33.4 Å². The van der Waals surface area contributed by atoms with Crippen LogP contribution in [-0.2, 0) is 20.9 Å². The second-order valence-electron chi connectivity index (χ2n) is 10.3. The van der Waals surface area contributed by atoms with Gasteiger partial charge in [-0.25, -0.2) is 0 Å². The number of nitrogens with zero attached hydrogens (tertiary/aromatic N) is 2. The summed E-state index contributed by atoms with van der Waals surface area (Å²) in [5, 5.41) is 0.673. The van der Waals surface area contributed by atoms with Crippen LogP contribution in [0.25, 0.3) is 0 Å². The third kappa shape index (κ3) is 7.01. The molecule has 0 radical (unpaired) electrons. The molecular weight excluding hydrogens is 476 g/mol. The average molecular weight is 513 g/mol. The summed E-state index contributed by atoms with van der Waals surface area (Å²) in [5.41, 5.74) is 1.06. The van der Waals surface area contributed by atoms with Gasteiger partial charge in [-0.1, -0.05) is 54.8 Å². The largest absolute Gasteiger partial charge is 0.490 e. The number of aryl methyl sites for hydroxylation is 1. The second-order valence-corrected chi connectivity index (χ2v) is 10.7. The fourth-order valence-corrected chi connectivity index (χ4v) is 5.29. The number of carbonyl (C=O) groups is 2. The minimum atomic E-state index is -0.918. The number of hydrogen-bond donors (Lipinski definition) is 0. The van der Waals surface area contributed by atoms with Gasteiger partial charge in [0.15, 0.2) is 0 Å². The minimum absolute atomic E-state index is 0.0418. The van der Waals surface area contributed by atoms with Crippen molar-refractivity contribution in [2.45, 2.75) is 57.6 Å². The fourth-order valence-electron chi connectivity index (χ4n) is 5.17. The number of morpholine rings is 1. The minimum Gasteiger partial charge on any atom is -0.490 e. The molecule has 0 N–H and O–H groups in total.